The van der Waals surface area contributed by atoms with Gasteiger partial charge in [0.1, 0.15) is 24.2 Å². The molecule has 4 N–H and O–H groups in total. The van der Waals surface area contributed by atoms with Crippen molar-refractivity contribution in [2.75, 3.05) is 13.7 Å². The first-order valence-corrected chi connectivity index (χ1v) is 12.5. The van der Waals surface area contributed by atoms with E-state index in [1.54, 1.807) is 4.57 Å². The summed E-state index contributed by atoms with van der Waals surface area (Å²) in [6, 6.07) is 0. The molecule has 1 fully saturated rings. The van der Waals surface area contributed by atoms with Crippen molar-refractivity contribution in [2.45, 2.75) is 24.9 Å². The molecule has 0 radical (unpaired) electrons. The summed E-state index contributed by atoms with van der Waals surface area (Å²) in [5.41, 5.74) is 1.00. The first kappa shape index (κ1) is 23.5. The van der Waals surface area contributed by atoms with Crippen LogP contribution in [0.3, 0.4) is 0 Å². The summed E-state index contributed by atoms with van der Waals surface area (Å²) in [6.07, 6.45) is 2.46. The number of methoxy groups -OCH3 is 1. The fourth-order valence-electron chi connectivity index (χ4n) is 2.74. The molecule has 1 aliphatic rings. The van der Waals surface area contributed by atoms with Crippen LogP contribution in [0.5, 0.6) is 0 Å². The molecule has 2 aromatic heterocycles. The van der Waals surface area contributed by atoms with Gasteiger partial charge in [0.2, 0.25) is 0 Å². The van der Waals surface area contributed by atoms with Crippen LogP contribution in [0.4, 0.5) is 0 Å². The Morgan fingerprint density at radius 2 is 1.90 bits per heavy atom. The van der Waals surface area contributed by atoms with E-state index in [0.717, 1.165) is 0 Å². The molecule has 0 aromatic carbocycles. The number of phosphoric ester groups is 1. The highest BCUT2D eigenvalue weighted by molar-refractivity contribution is 7.66. The Morgan fingerprint density at radius 1 is 1.17 bits per heavy atom. The number of imidazole rings is 1. The Balaban J connectivity index is 1.65. The number of nitrogens with zero attached hydrogens (tertiary/aromatic N) is 4. The van der Waals surface area contributed by atoms with Crippen LogP contribution >= 0.6 is 23.5 Å². The molecule has 0 spiro atoms. The van der Waals surface area contributed by atoms with Crippen LogP contribution in [-0.4, -0.2) is 65.0 Å². The maximum Gasteiger partial charge on any atom is 0.490 e. The maximum absolute atomic E-state index is 11.9. The fourth-order valence-corrected chi connectivity index (χ4v) is 5.77. The lowest BCUT2D eigenvalue weighted by Crippen LogP contribution is -2.27. The summed E-state index contributed by atoms with van der Waals surface area (Å²) in [4.78, 5) is 47.9. The minimum atomic E-state index is -5.60. The summed E-state index contributed by atoms with van der Waals surface area (Å²) in [7, 11) is -15.0. The van der Waals surface area contributed by atoms with Gasteiger partial charge in [-0.15, -0.1) is 0 Å². The SMILES string of the molecule is COC1CC(n2cnc3cncnc32)OC1COP(=O)(O)OP(=O)(O)OP(=O)(O)O. The van der Waals surface area contributed by atoms with Gasteiger partial charge in [-0.2, -0.15) is 8.62 Å². The number of aromatic nitrogens is 4. The zero-order chi connectivity index (χ0) is 22.2. The van der Waals surface area contributed by atoms with Crippen molar-refractivity contribution in [1.82, 2.24) is 19.5 Å². The number of hydrogen-bond donors (Lipinski definition) is 4. The van der Waals surface area contributed by atoms with Gasteiger partial charge in [0, 0.05) is 13.5 Å². The Kier molecular flexibility index (Phi) is 6.90. The molecule has 5 unspecified atom stereocenters. The zero-order valence-electron chi connectivity index (χ0n) is 15.1. The number of hydrogen-bond acceptors (Lipinski definition) is 11. The molecule has 16 nitrogen and oxygen atoms in total. The number of fused-ring (bicyclic) bond motifs is 1. The Bertz CT molecular complexity index is 1040. The van der Waals surface area contributed by atoms with Crippen LogP contribution in [0.25, 0.3) is 11.2 Å². The summed E-state index contributed by atoms with van der Waals surface area (Å²) < 4.78 is 58.5. The van der Waals surface area contributed by atoms with Crippen molar-refractivity contribution in [1.29, 1.82) is 0 Å². The Hall–Kier alpha value is -1.12. The molecule has 0 bridgehead atoms. The first-order valence-electron chi connectivity index (χ1n) is 7.98. The van der Waals surface area contributed by atoms with Crippen LogP contribution < -0.4 is 0 Å². The minimum Gasteiger partial charge on any atom is -0.378 e. The number of rotatable bonds is 9. The largest absolute Gasteiger partial charge is 0.490 e. The lowest BCUT2D eigenvalue weighted by atomic mass is 10.2. The third-order valence-electron chi connectivity index (χ3n) is 3.85. The summed E-state index contributed by atoms with van der Waals surface area (Å²) >= 11 is 0. The molecule has 30 heavy (non-hydrogen) atoms. The highest BCUT2D eigenvalue weighted by Gasteiger charge is 2.43. The quantitative estimate of drug-likeness (QED) is 0.351. The molecule has 1 saturated heterocycles. The second kappa shape index (κ2) is 8.79. The van der Waals surface area contributed by atoms with Crippen LogP contribution in [-0.2, 0) is 36.3 Å². The molecule has 0 amide bonds. The lowest BCUT2D eigenvalue weighted by molar-refractivity contribution is -0.0502. The van der Waals surface area contributed by atoms with E-state index >= 15 is 0 Å². The average Bonchev–Trinajstić information content (AvgIpc) is 3.20. The Labute approximate surface area is 168 Å². The van der Waals surface area contributed by atoms with Gasteiger partial charge in [0.15, 0.2) is 5.65 Å². The minimum absolute atomic E-state index is 0.288. The Morgan fingerprint density at radius 3 is 2.57 bits per heavy atom. The van der Waals surface area contributed by atoms with Crippen molar-refractivity contribution in [3.8, 4) is 0 Å². The van der Waals surface area contributed by atoms with Crippen molar-refractivity contribution < 1.29 is 55.9 Å². The van der Waals surface area contributed by atoms with Crippen molar-refractivity contribution in [3.63, 3.8) is 0 Å². The molecule has 2 aromatic rings. The predicted octanol–water partition coefficient (Wildman–Crippen LogP) is 0.472. The van der Waals surface area contributed by atoms with E-state index in [9.17, 15) is 23.5 Å². The van der Waals surface area contributed by atoms with Gasteiger partial charge in [-0.1, -0.05) is 0 Å². The predicted molar refractivity (Wildman–Crippen MR) is 94.5 cm³/mol. The van der Waals surface area contributed by atoms with Crippen molar-refractivity contribution in [2.24, 2.45) is 0 Å². The molecule has 19 heteroatoms. The van der Waals surface area contributed by atoms with E-state index in [4.69, 9.17) is 19.3 Å². The molecule has 5 atom stereocenters. The molecular formula is C11H17N4O12P3. The van der Waals surface area contributed by atoms with Gasteiger partial charge in [-0.3, -0.25) is 9.09 Å². The van der Waals surface area contributed by atoms with Crippen LogP contribution in [0, 0.1) is 0 Å². The van der Waals surface area contributed by atoms with Gasteiger partial charge < -0.3 is 29.0 Å². The lowest BCUT2D eigenvalue weighted by Gasteiger charge is -2.20. The van der Waals surface area contributed by atoms with Gasteiger partial charge >= 0.3 is 23.5 Å². The molecule has 3 heterocycles. The van der Waals surface area contributed by atoms with Crippen LogP contribution in [0.15, 0.2) is 18.9 Å². The van der Waals surface area contributed by atoms with Gasteiger partial charge in [-0.25, -0.2) is 28.6 Å². The second-order valence-electron chi connectivity index (χ2n) is 5.91. The van der Waals surface area contributed by atoms with E-state index in [1.165, 1.54) is 26.0 Å². The highest BCUT2D eigenvalue weighted by Crippen LogP contribution is 2.66. The third kappa shape index (κ3) is 5.98. The van der Waals surface area contributed by atoms with Gasteiger partial charge in [0.05, 0.1) is 25.2 Å². The van der Waals surface area contributed by atoms with E-state index in [1.807, 2.05) is 0 Å². The van der Waals surface area contributed by atoms with Gasteiger partial charge in [0.25, 0.3) is 0 Å². The summed E-state index contributed by atoms with van der Waals surface area (Å²) in [6.45, 7) is -0.625. The molecule has 3 rings (SSSR count). The molecular weight excluding hydrogens is 473 g/mol. The normalized spacial score (nSPS) is 26.5. The monoisotopic (exact) mass is 490 g/mol. The first-order chi connectivity index (χ1) is 13.9. The third-order valence-corrected chi connectivity index (χ3v) is 7.65. The molecule has 168 valence electrons. The zero-order valence-corrected chi connectivity index (χ0v) is 17.7. The molecule has 0 aliphatic carbocycles. The highest BCUT2D eigenvalue weighted by atomic mass is 31.3. The summed E-state index contributed by atoms with van der Waals surface area (Å²) in [5.74, 6) is 0. The summed E-state index contributed by atoms with van der Waals surface area (Å²) in [5, 5.41) is 0. The smallest absolute Gasteiger partial charge is 0.378 e. The maximum atomic E-state index is 11.9. The van der Waals surface area contributed by atoms with Crippen molar-refractivity contribution in [3.05, 3.63) is 18.9 Å². The van der Waals surface area contributed by atoms with Crippen LogP contribution in [0.1, 0.15) is 12.6 Å². The van der Waals surface area contributed by atoms with Crippen molar-refractivity contribution >= 4 is 34.6 Å². The van der Waals surface area contributed by atoms with Gasteiger partial charge in [-0.05, 0) is 0 Å². The fraction of sp³-hybridized carbons (Fsp3) is 0.545. The molecule has 1 aliphatic heterocycles. The van der Waals surface area contributed by atoms with E-state index < -0.39 is 48.5 Å². The average molecular weight is 490 g/mol. The van der Waals surface area contributed by atoms with Crippen LogP contribution in [0.2, 0.25) is 0 Å². The second-order valence-corrected chi connectivity index (χ2v) is 10.3. The standard InChI is InChI=1S/C11H17N4O12P3/c1-23-8-2-10(15-6-14-7-3-12-5-13-11(7)15)25-9(8)4-24-29(19,20)27-30(21,22)26-28(16,17)18/h3,5-6,8-10H,2,4H2,1H3,(H,19,20)(H,21,22)(H2,16,17,18). The number of ether oxygens (including phenoxy) is 2. The van der Waals surface area contributed by atoms with E-state index in [0.29, 0.717) is 11.2 Å². The number of phosphoric acid groups is 3. The van der Waals surface area contributed by atoms with E-state index in [-0.39, 0.29) is 6.42 Å². The topological polar surface area (TPSA) is 222 Å². The van der Waals surface area contributed by atoms with E-state index in [2.05, 4.69) is 28.1 Å². The molecule has 0 saturated carbocycles.